The van der Waals surface area contributed by atoms with Gasteiger partial charge in [-0.2, -0.15) is 8.75 Å². The molecule has 0 amide bonds. The Labute approximate surface area is 533 Å². The lowest BCUT2D eigenvalue weighted by Gasteiger charge is -2.32. The summed E-state index contributed by atoms with van der Waals surface area (Å²) in [5.41, 5.74) is 1.28. The van der Waals surface area contributed by atoms with Crippen molar-refractivity contribution in [1.82, 2.24) is 27.8 Å². The number of fused-ring (bicyclic) bond motifs is 2. The summed E-state index contributed by atoms with van der Waals surface area (Å²) in [7, 11) is 0.429. The second-order valence-corrected chi connectivity index (χ2v) is 30.4. The summed E-state index contributed by atoms with van der Waals surface area (Å²) in [6.07, 6.45) is 6.50. The number of ether oxygens (including phenoxy) is 4. The molecule has 0 aliphatic carbocycles. The molecule has 88 heavy (non-hydrogen) atoms. The number of hydrogen-bond donors (Lipinski definition) is 0. The lowest BCUT2D eigenvalue weighted by molar-refractivity contribution is 0.00578. The molecule has 0 spiro atoms. The van der Waals surface area contributed by atoms with E-state index < -0.39 is 52.4 Å². The second kappa shape index (κ2) is 24.8. The first-order valence-electron chi connectivity index (χ1n) is 28.0. The number of aromatic nitrogens is 6. The highest BCUT2D eigenvalue weighted by Crippen LogP contribution is 2.44. The minimum atomic E-state index is -4.04. The van der Waals surface area contributed by atoms with E-state index in [-0.39, 0.29) is 55.5 Å². The standard InChI is InChI=1S/C26H31BN4O6S2.C20H19BrN4O4S2.C12H24B2O4/c1-25(2)26(3,4)37-27(36-25)21-15-30(5)22-13-19(10-11-20(21)22)39(32,33)31(24-28-16-29-38-24)14-17-8-9-18(34-6)12-23(17)35-7;1-24-11-17(21)16-7-6-15(9-18(16)24)31(26,27)25(20-22-12-23-30-20)10-13-4-5-14(28-2)8-19(13)29-3;1-9(2)10(3,4)16-13(15-9)14-17-11(5,6)12(7,8)18-14/h8-13,15-16H,14H2,1-7H3;4-9,11-12H,10H2,1-3H3;1-8H3. The lowest BCUT2D eigenvalue weighted by Crippen LogP contribution is -2.41. The zero-order valence-corrected chi connectivity index (χ0v) is 57.5. The molecule has 11 rings (SSSR count). The highest BCUT2D eigenvalue weighted by Gasteiger charge is 2.64. The van der Waals surface area contributed by atoms with E-state index in [1.165, 1.54) is 35.5 Å². The first-order valence-corrected chi connectivity index (χ1v) is 33.2. The third-order valence-corrected chi connectivity index (χ3v) is 22.8. The molecule has 3 aliphatic rings. The minimum Gasteiger partial charge on any atom is -0.497 e. The van der Waals surface area contributed by atoms with E-state index in [1.54, 1.807) is 87.0 Å². The van der Waals surface area contributed by atoms with E-state index in [9.17, 15) is 16.8 Å². The number of anilines is 2. The van der Waals surface area contributed by atoms with Gasteiger partial charge in [0.1, 0.15) is 35.7 Å². The van der Waals surface area contributed by atoms with Crippen LogP contribution in [0.1, 0.15) is 94.2 Å². The fourth-order valence-corrected chi connectivity index (χ4v) is 14.7. The molecule has 0 radical (unpaired) electrons. The first-order chi connectivity index (χ1) is 41.1. The second-order valence-electron chi connectivity index (χ2n) is 24.3. The maximum atomic E-state index is 14.1. The molecule has 4 aromatic carbocycles. The quantitative estimate of drug-likeness (QED) is 0.0819. The molecule has 0 bridgehead atoms. The Morgan fingerprint density at radius 3 is 1.26 bits per heavy atom. The number of halogens is 1. The molecular weight excluding hydrogens is 1270 g/mol. The highest BCUT2D eigenvalue weighted by atomic mass is 79.9. The fraction of sp³-hybridized carbons (Fsp3) is 0.448. The van der Waals surface area contributed by atoms with Gasteiger partial charge in [-0.3, -0.25) is 0 Å². The monoisotopic (exact) mass is 1350 g/mol. The van der Waals surface area contributed by atoms with Gasteiger partial charge >= 0.3 is 21.1 Å². The van der Waals surface area contributed by atoms with Gasteiger partial charge in [-0.25, -0.2) is 35.4 Å². The number of sulfonamides is 2. The Balaban J connectivity index is 0.000000168. The number of methoxy groups -OCH3 is 4. The van der Waals surface area contributed by atoms with Crippen molar-refractivity contribution in [1.29, 1.82) is 0 Å². The number of benzene rings is 4. The molecule has 470 valence electrons. The van der Waals surface area contributed by atoms with Crippen molar-refractivity contribution in [3.8, 4) is 23.0 Å². The van der Waals surface area contributed by atoms with Gasteiger partial charge in [0.05, 0.1) is 90.4 Å². The van der Waals surface area contributed by atoms with Gasteiger partial charge in [0.2, 0.25) is 10.3 Å². The normalized spacial score (nSPS) is 18.0. The lowest BCUT2D eigenvalue weighted by atomic mass is 9.49. The van der Waals surface area contributed by atoms with Crippen LogP contribution in [-0.4, -0.2) is 128 Å². The first kappa shape index (κ1) is 66.6. The SMILES string of the molecule is CC1(C)OB(B2OC(C)(C)C(C)(C)O2)OC1(C)C.COc1ccc(CN(c2ncns2)S(=O)(=O)c2ccc3c(B4OC(C)(C)C(C)(C)O4)cn(C)c3c2)c(OC)c1.COc1ccc(CN(c2ncns2)S(=O)(=O)c2ccc3c(Br)cn(C)c3c2)c(OC)c1. The zero-order chi connectivity index (χ0) is 64.3. The van der Waals surface area contributed by atoms with Gasteiger partial charge < -0.3 is 56.0 Å². The summed E-state index contributed by atoms with van der Waals surface area (Å²) in [6, 6.07) is 20.6. The van der Waals surface area contributed by atoms with Crippen LogP contribution in [0.3, 0.4) is 0 Å². The molecule has 3 aliphatic heterocycles. The summed E-state index contributed by atoms with van der Waals surface area (Å²) in [5.74, 6) is 2.24. The predicted molar refractivity (Wildman–Crippen MR) is 347 cm³/mol. The van der Waals surface area contributed by atoms with Crippen LogP contribution in [0.2, 0.25) is 0 Å². The van der Waals surface area contributed by atoms with E-state index in [0.29, 0.717) is 34.1 Å². The van der Waals surface area contributed by atoms with Crippen molar-refractivity contribution in [3.63, 3.8) is 0 Å². The molecule has 22 nitrogen and oxygen atoms in total. The summed E-state index contributed by atoms with van der Waals surface area (Å²) < 4.78 is 129. The Morgan fingerprint density at radius 2 is 0.886 bits per heavy atom. The van der Waals surface area contributed by atoms with Crippen LogP contribution < -0.4 is 33.0 Å². The van der Waals surface area contributed by atoms with Gasteiger partial charge in [0, 0.05) is 93.7 Å². The predicted octanol–water partition coefficient (Wildman–Crippen LogP) is 10.2. The van der Waals surface area contributed by atoms with Crippen LogP contribution in [0, 0.1) is 0 Å². The molecule has 30 heteroatoms. The van der Waals surface area contributed by atoms with Gasteiger partial charge in [-0.15, -0.1) is 0 Å². The Morgan fingerprint density at radius 1 is 0.511 bits per heavy atom. The van der Waals surface area contributed by atoms with Gasteiger partial charge in [-0.1, -0.05) is 12.1 Å². The minimum absolute atomic E-state index is 0.00492. The highest BCUT2D eigenvalue weighted by molar-refractivity contribution is 9.10. The molecule has 3 saturated heterocycles. The number of nitrogens with zero attached hydrogens (tertiary/aromatic N) is 8. The Hall–Kier alpha value is -5.79. The maximum absolute atomic E-state index is 14.1. The van der Waals surface area contributed by atoms with E-state index >= 15 is 0 Å². The van der Waals surface area contributed by atoms with Crippen LogP contribution in [0.4, 0.5) is 10.3 Å². The van der Waals surface area contributed by atoms with Gasteiger partial charge in [-0.05, 0) is 153 Å². The number of hydrogen-bond acceptors (Lipinski definition) is 20. The molecule has 0 N–H and O–H groups in total. The molecule has 8 aromatic rings. The van der Waals surface area contributed by atoms with Crippen LogP contribution in [0.5, 0.6) is 23.0 Å². The number of aryl methyl sites for hydroxylation is 2. The summed E-state index contributed by atoms with van der Waals surface area (Å²) >= 11 is 5.52. The summed E-state index contributed by atoms with van der Waals surface area (Å²) in [6.45, 7) is 24.2. The third-order valence-electron chi connectivity index (χ3n) is 17.1. The van der Waals surface area contributed by atoms with Crippen molar-refractivity contribution in [3.05, 3.63) is 113 Å². The zero-order valence-electron chi connectivity index (χ0n) is 52.7. The Bertz CT molecular complexity index is 3970. The smallest absolute Gasteiger partial charge is 0.497 e. The molecule has 3 fully saturated rings. The summed E-state index contributed by atoms with van der Waals surface area (Å²) in [4.78, 5) is 8.65. The van der Waals surface area contributed by atoms with Crippen molar-refractivity contribution >= 4 is 118 Å². The molecule has 7 heterocycles. The van der Waals surface area contributed by atoms with Gasteiger partial charge in [0.15, 0.2) is 0 Å². The average molecular weight is 1350 g/mol. The van der Waals surface area contributed by atoms with Crippen molar-refractivity contribution in [2.24, 2.45) is 14.1 Å². The molecule has 0 saturated carbocycles. The van der Waals surface area contributed by atoms with Crippen molar-refractivity contribution < 1.29 is 63.7 Å². The third kappa shape index (κ3) is 12.9. The van der Waals surface area contributed by atoms with Crippen LogP contribution >= 0.6 is 39.0 Å². The largest absolute Gasteiger partial charge is 0.497 e. The van der Waals surface area contributed by atoms with Crippen LogP contribution in [-0.2, 0) is 75.2 Å². The van der Waals surface area contributed by atoms with E-state index in [2.05, 4.69) is 34.6 Å². The van der Waals surface area contributed by atoms with Crippen LogP contribution in [0.15, 0.2) is 112 Å². The molecule has 0 unspecified atom stereocenters. The molecular formula is C58H74B3BrN8O14S4. The van der Waals surface area contributed by atoms with E-state index in [4.69, 9.17) is 46.9 Å². The molecule has 0 atom stereocenters. The fourth-order valence-electron chi connectivity index (χ4n) is 9.78. The number of rotatable bonds is 16. The molecule has 4 aromatic heterocycles. The average Bonchev–Trinajstić information content (AvgIpc) is 2.92. The van der Waals surface area contributed by atoms with Gasteiger partial charge in [0.25, 0.3) is 20.0 Å². The van der Waals surface area contributed by atoms with E-state index in [1.807, 2.05) is 119 Å². The van der Waals surface area contributed by atoms with Crippen molar-refractivity contribution in [2.45, 2.75) is 140 Å². The maximum Gasteiger partial charge on any atom is 0.497 e. The van der Waals surface area contributed by atoms with E-state index in [0.717, 1.165) is 54.8 Å². The Kier molecular flexibility index (Phi) is 18.8. The summed E-state index contributed by atoms with van der Waals surface area (Å²) in [5, 5.41) is 2.30. The van der Waals surface area contributed by atoms with Crippen LogP contribution in [0.25, 0.3) is 21.8 Å². The van der Waals surface area contributed by atoms with Crippen molar-refractivity contribution in [2.75, 3.05) is 37.0 Å². The topological polar surface area (TPSA) is 228 Å².